The van der Waals surface area contributed by atoms with Gasteiger partial charge >= 0.3 is 0 Å². The molecule has 0 fully saturated rings. The fourth-order valence-electron chi connectivity index (χ4n) is 1.91. The predicted molar refractivity (Wildman–Crippen MR) is 63.1 cm³/mol. The van der Waals surface area contributed by atoms with Crippen LogP contribution in [-0.4, -0.2) is 17.6 Å². The topological polar surface area (TPSA) is 67.2 Å². The molecule has 0 unspecified atom stereocenters. The third kappa shape index (κ3) is 1.87. The van der Waals surface area contributed by atoms with Gasteiger partial charge in [-0.05, 0) is 30.2 Å². The summed E-state index contributed by atoms with van der Waals surface area (Å²) in [5.74, 6) is -0.260. The number of amides is 1. The van der Waals surface area contributed by atoms with Gasteiger partial charge in [0.25, 0.3) is 5.91 Å². The second-order valence-corrected chi connectivity index (χ2v) is 3.89. The molecular formula is C12H11N3O2. The first-order valence-electron chi connectivity index (χ1n) is 5.41. The van der Waals surface area contributed by atoms with Gasteiger partial charge in [-0.3, -0.25) is 4.79 Å². The van der Waals surface area contributed by atoms with E-state index in [2.05, 4.69) is 20.3 Å². The molecule has 5 heteroatoms. The highest BCUT2D eigenvalue weighted by atomic mass is 16.5. The summed E-state index contributed by atoms with van der Waals surface area (Å²) in [4.78, 5) is 11.7. The molecule has 3 rings (SSSR count). The number of fused-ring (bicyclic) bond motifs is 1. The lowest BCUT2D eigenvalue weighted by Gasteiger charge is -2.05. The van der Waals surface area contributed by atoms with Gasteiger partial charge in [0, 0.05) is 24.0 Å². The van der Waals surface area contributed by atoms with Crippen LogP contribution in [0.5, 0.6) is 0 Å². The van der Waals surface area contributed by atoms with E-state index in [4.69, 9.17) is 0 Å². The molecular weight excluding hydrogens is 218 g/mol. The fourth-order valence-corrected chi connectivity index (χ4v) is 1.91. The van der Waals surface area contributed by atoms with E-state index in [-0.39, 0.29) is 11.6 Å². The van der Waals surface area contributed by atoms with Crippen LogP contribution in [0.4, 0.5) is 11.4 Å². The Morgan fingerprint density at radius 1 is 1.41 bits per heavy atom. The number of nitrogens with one attached hydrogen (secondary N) is 2. The van der Waals surface area contributed by atoms with Gasteiger partial charge in [-0.15, -0.1) is 0 Å². The molecule has 2 heterocycles. The van der Waals surface area contributed by atoms with E-state index in [1.54, 1.807) is 0 Å². The van der Waals surface area contributed by atoms with Crippen LogP contribution in [0.2, 0.25) is 0 Å². The zero-order valence-corrected chi connectivity index (χ0v) is 9.06. The Hall–Kier alpha value is -2.30. The second kappa shape index (κ2) is 3.93. The second-order valence-electron chi connectivity index (χ2n) is 3.89. The summed E-state index contributed by atoms with van der Waals surface area (Å²) in [6.07, 6.45) is 2.37. The van der Waals surface area contributed by atoms with Crippen molar-refractivity contribution in [2.75, 3.05) is 17.2 Å². The Labute approximate surface area is 97.8 Å². The van der Waals surface area contributed by atoms with Gasteiger partial charge in [-0.25, -0.2) is 0 Å². The fraction of sp³-hybridized carbons (Fsp3) is 0.167. The van der Waals surface area contributed by atoms with Crippen molar-refractivity contribution in [3.05, 3.63) is 41.8 Å². The standard InChI is InChI=1S/C12H11N3O2/c16-12(11-4-6-17-15-11)14-9-1-2-10-8(7-9)3-5-13-10/h1-2,4,6-7,13H,3,5H2,(H,14,16). The maximum atomic E-state index is 11.7. The van der Waals surface area contributed by atoms with Crippen molar-refractivity contribution in [3.63, 3.8) is 0 Å². The highest BCUT2D eigenvalue weighted by molar-refractivity contribution is 6.02. The van der Waals surface area contributed by atoms with Crippen molar-refractivity contribution in [1.82, 2.24) is 5.16 Å². The Bertz CT molecular complexity index is 549. The molecule has 1 aromatic heterocycles. The minimum absolute atomic E-state index is 0.260. The Balaban J connectivity index is 1.80. The average Bonchev–Trinajstić information content (AvgIpc) is 2.99. The molecule has 2 aromatic rings. The van der Waals surface area contributed by atoms with Gasteiger partial charge in [0.05, 0.1) is 0 Å². The van der Waals surface area contributed by atoms with Gasteiger partial charge in [-0.2, -0.15) is 0 Å². The first kappa shape index (κ1) is 9.89. The van der Waals surface area contributed by atoms with Crippen molar-refractivity contribution < 1.29 is 9.32 Å². The number of carbonyl (C=O) groups excluding carboxylic acids is 1. The number of benzene rings is 1. The molecule has 5 nitrogen and oxygen atoms in total. The van der Waals surface area contributed by atoms with Crippen molar-refractivity contribution in [2.24, 2.45) is 0 Å². The summed E-state index contributed by atoms with van der Waals surface area (Å²) in [5.41, 5.74) is 3.43. The summed E-state index contributed by atoms with van der Waals surface area (Å²) < 4.78 is 4.63. The van der Waals surface area contributed by atoms with Crippen molar-refractivity contribution in [3.8, 4) is 0 Å². The van der Waals surface area contributed by atoms with Crippen molar-refractivity contribution in [2.45, 2.75) is 6.42 Å². The van der Waals surface area contributed by atoms with Crippen LogP contribution >= 0.6 is 0 Å². The molecule has 1 amide bonds. The normalized spacial score (nSPS) is 12.9. The van der Waals surface area contributed by atoms with Crippen LogP contribution in [0.1, 0.15) is 16.1 Å². The first-order valence-corrected chi connectivity index (χ1v) is 5.41. The van der Waals surface area contributed by atoms with E-state index >= 15 is 0 Å². The van der Waals surface area contributed by atoms with E-state index < -0.39 is 0 Å². The minimum Gasteiger partial charge on any atom is -0.384 e. The lowest BCUT2D eigenvalue weighted by Crippen LogP contribution is -2.12. The number of hydrogen-bond acceptors (Lipinski definition) is 4. The number of hydrogen-bond donors (Lipinski definition) is 2. The molecule has 0 aliphatic carbocycles. The van der Waals surface area contributed by atoms with Crippen LogP contribution in [0.3, 0.4) is 0 Å². The number of rotatable bonds is 2. The molecule has 0 saturated heterocycles. The Morgan fingerprint density at radius 3 is 3.18 bits per heavy atom. The largest absolute Gasteiger partial charge is 0.384 e. The van der Waals surface area contributed by atoms with Gasteiger partial charge in [0.15, 0.2) is 5.69 Å². The molecule has 86 valence electrons. The molecule has 1 aliphatic rings. The number of aromatic nitrogens is 1. The molecule has 1 aliphatic heterocycles. The molecule has 0 saturated carbocycles. The Morgan fingerprint density at radius 2 is 2.35 bits per heavy atom. The molecule has 0 atom stereocenters. The quantitative estimate of drug-likeness (QED) is 0.825. The molecule has 0 bridgehead atoms. The van der Waals surface area contributed by atoms with Gasteiger partial charge in [0.2, 0.25) is 0 Å². The van der Waals surface area contributed by atoms with Crippen LogP contribution in [0.25, 0.3) is 0 Å². The zero-order chi connectivity index (χ0) is 11.7. The summed E-state index contributed by atoms with van der Waals surface area (Å²) >= 11 is 0. The number of nitrogens with zero attached hydrogens (tertiary/aromatic N) is 1. The maximum absolute atomic E-state index is 11.7. The smallest absolute Gasteiger partial charge is 0.277 e. The zero-order valence-electron chi connectivity index (χ0n) is 9.06. The third-order valence-corrected chi connectivity index (χ3v) is 2.74. The summed E-state index contributed by atoms with van der Waals surface area (Å²) in [5, 5.41) is 9.64. The minimum atomic E-state index is -0.260. The predicted octanol–water partition coefficient (Wildman–Crippen LogP) is 1.89. The van der Waals surface area contributed by atoms with E-state index in [9.17, 15) is 4.79 Å². The van der Waals surface area contributed by atoms with E-state index in [0.717, 1.165) is 24.3 Å². The summed E-state index contributed by atoms with van der Waals surface area (Å²) in [6.45, 7) is 0.954. The average molecular weight is 229 g/mol. The van der Waals surface area contributed by atoms with Crippen molar-refractivity contribution >= 4 is 17.3 Å². The van der Waals surface area contributed by atoms with Gasteiger partial charge in [0.1, 0.15) is 6.26 Å². The molecule has 2 N–H and O–H groups in total. The number of anilines is 2. The molecule has 0 radical (unpaired) electrons. The third-order valence-electron chi connectivity index (χ3n) is 2.74. The van der Waals surface area contributed by atoms with Crippen LogP contribution in [0.15, 0.2) is 35.1 Å². The monoisotopic (exact) mass is 229 g/mol. The number of carbonyl (C=O) groups is 1. The molecule has 0 spiro atoms. The lowest BCUT2D eigenvalue weighted by molar-refractivity contribution is 0.101. The lowest BCUT2D eigenvalue weighted by atomic mass is 10.1. The van der Waals surface area contributed by atoms with E-state index in [1.807, 2.05) is 18.2 Å². The van der Waals surface area contributed by atoms with Gasteiger partial charge in [-0.1, -0.05) is 5.16 Å². The van der Waals surface area contributed by atoms with Crippen LogP contribution < -0.4 is 10.6 Å². The molecule has 1 aromatic carbocycles. The van der Waals surface area contributed by atoms with Crippen molar-refractivity contribution in [1.29, 1.82) is 0 Å². The van der Waals surface area contributed by atoms with Crippen LogP contribution in [0, 0.1) is 0 Å². The maximum Gasteiger partial charge on any atom is 0.277 e. The first-order chi connectivity index (χ1) is 8.33. The molecule has 17 heavy (non-hydrogen) atoms. The SMILES string of the molecule is O=C(Nc1ccc2c(c1)CCN2)c1ccon1. The highest BCUT2D eigenvalue weighted by Crippen LogP contribution is 2.25. The Kier molecular flexibility index (Phi) is 2.29. The van der Waals surface area contributed by atoms with E-state index in [1.165, 1.54) is 17.9 Å². The van der Waals surface area contributed by atoms with E-state index in [0.29, 0.717) is 0 Å². The van der Waals surface area contributed by atoms with Gasteiger partial charge < -0.3 is 15.2 Å². The highest BCUT2D eigenvalue weighted by Gasteiger charge is 2.13. The van der Waals surface area contributed by atoms with Crippen LogP contribution in [-0.2, 0) is 6.42 Å². The summed E-state index contributed by atoms with van der Waals surface area (Å²) in [7, 11) is 0. The summed E-state index contributed by atoms with van der Waals surface area (Å²) in [6, 6.07) is 7.35.